The van der Waals surface area contributed by atoms with E-state index in [1.54, 1.807) is 6.20 Å². The second-order valence-corrected chi connectivity index (χ2v) is 7.21. The number of halogens is 1. The third-order valence-corrected chi connectivity index (χ3v) is 4.60. The van der Waals surface area contributed by atoms with Crippen LogP contribution < -0.4 is 5.32 Å². The van der Waals surface area contributed by atoms with Crippen LogP contribution in [-0.2, 0) is 22.5 Å². The number of rotatable bonds is 5. The van der Waals surface area contributed by atoms with Gasteiger partial charge in [0, 0.05) is 44.1 Å². The molecule has 0 unspecified atom stereocenters. The Hall–Kier alpha value is -1.97. The summed E-state index contributed by atoms with van der Waals surface area (Å²) in [7, 11) is 0. The number of carbonyl (C=O) groups is 1. The van der Waals surface area contributed by atoms with E-state index in [0.717, 1.165) is 24.5 Å². The highest BCUT2D eigenvalue weighted by atomic mass is 32.1. The summed E-state index contributed by atoms with van der Waals surface area (Å²) in [6.07, 6.45) is 4.72. The number of morpholine rings is 1. The highest BCUT2D eigenvalue weighted by molar-refractivity contribution is 7.15. The largest absolute Gasteiger partial charge is 0.372 e. The van der Waals surface area contributed by atoms with Crippen molar-refractivity contribution in [2.45, 2.75) is 39.0 Å². The highest BCUT2D eigenvalue weighted by Gasteiger charge is 2.26. The molecule has 1 fully saturated rings. The molecule has 1 saturated heterocycles. The third kappa shape index (κ3) is 5.25. The van der Waals surface area contributed by atoms with Crippen molar-refractivity contribution in [2.24, 2.45) is 0 Å². The average Bonchev–Trinajstić information content (AvgIpc) is 2.95. The predicted molar refractivity (Wildman–Crippen MR) is 91.7 cm³/mol. The van der Waals surface area contributed by atoms with Crippen LogP contribution in [0.4, 0.5) is 9.52 Å². The quantitative estimate of drug-likeness (QED) is 0.871. The Bertz CT molecular complexity index is 724. The average molecular weight is 365 g/mol. The Morgan fingerprint density at radius 2 is 2.12 bits per heavy atom. The Kier molecular flexibility index (Phi) is 5.67. The Labute approximate surface area is 149 Å². The number of amides is 1. The normalized spacial score (nSPS) is 21.2. The van der Waals surface area contributed by atoms with Gasteiger partial charge in [0.05, 0.1) is 24.6 Å². The van der Waals surface area contributed by atoms with E-state index in [0.29, 0.717) is 17.4 Å². The molecule has 0 bridgehead atoms. The van der Waals surface area contributed by atoms with Crippen LogP contribution in [0.3, 0.4) is 0 Å². The maximum absolute atomic E-state index is 12.9. The van der Waals surface area contributed by atoms with Gasteiger partial charge in [-0.15, -0.1) is 11.3 Å². The SMILES string of the molecule is CC(=O)Nc1ncc(CN2C[C@H](Cc3ncc(F)cn3)O[C@H](C)C2)s1. The number of hydrogen-bond acceptors (Lipinski definition) is 7. The first kappa shape index (κ1) is 17.8. The summed E-state index contributed by atoms with van der Waals surface area (Å²) in [5.41, 5.74) is 0. The maximum atomic E-state index is 12.9. The zero-order valence-electron chi connectivity index (χ0n) is 14.1. The molecule has 1 aliphatic heterocycles. The Morgan fingerprint density at radius 3 is 2.84 bits per heavy atom. The Balaban J connectivity index is 1.59. The van der Waals surface area contributed by atoms with E-state index in [1.165, 1.54) is 30.7 Å². The van der Waals surface area contributed by atoms with Crippen molar-refractivity contribution in [1.29, 1.82) is 0 Å². The second kappa shape index (κ2) is 7.94. The molecule has 7 nitrogen and oxygen atoms in total. The number of aromatic nitrogens is 3. The van der Waals surface area contributed by atoms with Crippen LogP contribution in [0, 0.1) is 5.82 Å². The van der Waals surface area contributed by atoms with E-state index < -0.39 is 5.82 Å². The number of anilines is 1. The molecule has 0 saturated carbocycles. The van der Waals surface area contributed by atoms with Gasteiger partial charge in [-0.05, 0) is 6.92 Å². The van der Waals surface area contributed by atoms with Crippen molar-refractivity contribution >= 4 is 22.4 Å². The molecule has 0 spiro atoms. The molecular formula is C16H20FN5O2S. The van der Waals surface area contributed by atoms with Crippen LogP contribution in [0.25, 0.3) is 0 Å². The molecule has 25 heavy (non-hydrogen) atoms. The molecule has 2 atom stereocenters. The first-order chi connectivity index (χ1) is 12.0. The number of carbonyl (C=O) groups excluding carboxylic acids is 1. The van der Waals surface area contributed by atoms with Crippen molar-refractivity contribution < 1.29 is 13.9 Å². The summed E-state index contributed by atoms with van der Waals surface area (Å²) in [6, 6.07) is 0. The van der Waals surface area contributed by atoms with E-state index >= 15 is 0 Å². The van der Waals surface area contributed by atoms with Crippen molar-refractivity contribution in [2.75, 3.05) is 18.4 Å². The smallest absolute Gasteiger partial charge is 0.223 e. The number of ether oxygens (including phenoxy) is 1. The molecular weight excluding hydrogens is 345 g/mol. The zero-order chi connectivity index (χ0) is 17.8. The number of hydrogen-bond donors (Lipinski definition) is 1. The molecule has 2 aromatic rings. The summed E-state index contributed by atoms with van der Waals surface area (Å²) < 4.78 is 18.9. The molecule has 9 heteroatoms. The first-order valence-electron chi connectivity index (χ1n) is 8.04. The standard InChI is InChI=1S/C16H20FN5O2S/c1-10-7-22(9-14-6-20-16(25-14)21-11(2)23)8-13(24-10)3-15-18-4-12(17)5-19-15/h4-6,10,13H,3,7-9H2,1-2H3,(H,20,21,23)/t10-,13+/m1/s1. The summed E-state index contributed by atoms with van der Waals surface area (Å²) in [5, 5.41) is 3.31. The van der Waals surface area contributed by atoms with E-state index in [-0.39, 0.29) is 18.1 Å². The van der Waals surface area contributed by atoms with Gasteiger partial charge in [0.1, 0.15) is 5.82 Å². The lowest BCUT2D eigenvalue weighted by Gasteiger charge is -2.36. The van der Waals surface area contributed by atoms with Crippen LogP contribution in [0.1, 0.15) is 24.5 Å². The molecule has 0 radical (unpaired) electrons. The van der Waals surface area contributed by atoms with Crippen LogP contribution in [0.5, 0.6) is 0 Å². The van der Waals surface area contributed by atoms with Gasteiger partial charge in [0.25, 0.3) is 0 Å². The van der Waals surface area contributed by atoms with Crippen LogP contribution in [-0.4, -0.2) is 51.1 Å². The molecule has 1 amide bonds. The molecule has 134 valence electrons. The fourth-order valence-corrected chi connectivity index (χ4v) is 3.74. The van der Waals surface area contributed by atoms with E-state index in [4.69, 9.17) is 4.74 Å². The van der Waals surface area contributed by atoms with Gasteiger partial charge in [0.15, 0.2) is 10.9 Å². The van der Waals surface area contributed by atoms with Gasteiger partial charge in [-0.3, -0.25) is 9.69 Å². The topological polar surface area (TPSA) is 80.2 Å². The fraction of sp³-hybridized carbons (Fsp3) is 0.500. The highest BCUT2D eigenvalue weighted by Crippen LogP contribution is 2.22. The predicted octanol–water partition coefficient (Wildman–Crippen LogP) is 1.86. The zero-order valence-corrected chi connectivity index (χ0v) is 14.9. The van der Waals surface area contributed by atoms with Gasteiger partial charge in [-0.1, -0.05) is 0 Å². The minimum absolute atomic E-state index is 0.0445. The summed E-state index contributed by atoms with van der Waals surface area (Å²) in [6.45, 7) is 5.78. The number of nitrogens with zero attached hydrogens (tertiary/aromatic N) is 4. The number of nitrogens with one attached hydrogen (secondary N) is 1. The van der Waals surface area contributed by atoms with Gasteiger partial charge in [-0.25, -0.2) is 19.3 Å². The minimum Gasteiger partial charge on any atom is -0.372 e. The van der Waals surface area contributed by atoms with Crippen LogP contribution in [0.2, 0.25) is 0 Å². The molecule has 0 aliphatic carbocycles. The van der Waals surface area contributed by atoms with Crippen molar-refractivity contribution in [1.82, 2.24) is 19.9 Å². The molecule has 3 rings (SSSR count). The van der Waals surface area contributed by atoms with Gasteiger partial charge in [0.2, 0.25) is 5.91 Å². The van der Waals surface area contributed by atoms with E-state index in [2.05, 4.69) is 25.2 Å². The van der Waals surface area contributed by atoms with Crippen LogP contribution in [0.15, 0.2) is 18.6 Å². The second-order valence-electron chi connectivity index (χ2n) is 6.10. The number of thiazole rings is 1. The van der Waals surface area contributed by atoms with E-state index in [9.17, 15) is 9.18 Å². The maximum Gasteiger partial charge on any atom is 0.223 e. The molecule has 1 aliphatic rings. The summed E-state index contributed by atoms with van der Waals surface area (Å²) in [4.78, 5) is 26.7. The molecule has 1 N–H and O–H groups in total. The van der Waals surface area contributed by atoms with Crippen molar-refractivity contribution in [3.05, 3.63) is 35.1 Å². The lowest BCUT2D eigenvalue weighted by Crippen LogP contribution is -2.46. The lowest BCUT2D eigenvalue weighted by atomic mass is 10.1. The molecule has 3 heterocycles. The van der Waals surface area contributed by atoms with Crippen LogP contribution >= 0.6 is 11.3 Å². The van der Waals surface area contributed by atoms with Gasteiger partial charge >= 0.3 is 0 Å². The van der Waals surface area contributed by atoms with Gasteiger partial charge in [-0.2, -0.15) is 0 Å². The summed E-state index contributed by atoms with van der Waals surface area (Å²) in [5.74, 6) is 0.00918. The monoisotopic (exact) mass is 365 g/mol. The van der Waals surface area contributed by atoms with Crippen molar-refractivity contribution in [3.8, 4) is 0 Å². The summed E-state index contributed by atoms with van der Waals surface area (Å²) >= 11 is 1.47. The van der Waals surface area contributed by atoms with Gasteiger partial charge < -0.3 is 10.1 Å². The van der Waals surface area contributed by atoms with Crippen molar-refractivity contribution in [3.63, 3.8) is 0 Å². The third-order valence-electron chi connectivity index (χ3n) is 3.70. The fourth-order valence-electron chi connectivity index (χ4n) is 2.84. The minimum atomic E-state index is -0.441. The Morgan fingerprint density at radius 1 is 1.36 bits per heavy atom. The first-order valence-corrected chi connectivity index (χ1v) is 8.86. The molecule has 0 aromatic carbocycles. The molecule has 2 aromatic heterocycles. The van der Waals surface area contributed by atoms with E-state index in [1.807, 2.05) is 6.92 Å². The lowest BCUT2D eigenvalue weighted by molar-refractivity contribution is -0.114.